The first-order chi connectivity index (χ1) is 9.12. The summed E-state index contributed by atoms with van der Waals surface area (Å²) in [4.78, 5) is 0. The molecule has 3 rings (SSSR count). The Hall–Kier alpha value is -0.590. The van der Waals surface area contributed by atoms with Gasteiger partial charge in [0.25, 0.3) is 0 Å². The van der Waals surface area contributed by atoms with E-state index in [4.69, 9.17) is 14.7 Å². The van der Waals surface area contributed by atoms with Crippen molar-refractivity contribution in [3.05, 3.63) is 0 Å². The van der Waals surface area contributed by atoms with Crippen molar-refractivity contribution in [2.45, 2.75) is 58.2 Å². The van der Waals surface area contributed by atoms with Crippen molar-refractivity contribution in [2.24, 2.45) is 23.2 Å². The molecule has 3 fully saturated rings. The molecule has 3 aliphatic rings. The zero-order chi connectivity index (χ0) is 13.5. The average molecular weight is 263 g/mol. The summed E-state index contributed by atoms with van der Waals surface area (Å²) in [7, 11) is 0. The summed E-state index contributed by atoms with van der Waals surface area (Å²) in [6, 6.07) is 2.36. The Morgan fingerprint density at radius 1 is 1.26 bits per heavy atom. The molecule has 4 atom stereocenters. The molecule has 1 unspecified atom stereocenters. The monoisotopic (exact) mass is 263 g/mol. The number of rotatable bonds is 2. The van der Waals surface area contributed by atoms with Gasteiger partial charge in [-0.05, 0) is 42.9 Å². The summed E-state index contributed by atoms with van der Waals surface area (Å²) in [6.45, 7) is 6.18. The first kappa shape index (κ1) is 13.4. The number of ether oxygens (including phenoxy) is 2. The summed E-state index contributed by atoms with van der Waals surface area (Å²) in [6.07, 6.45) is 6.65. The van der Waals surface area contributed by atoms with Gasteiger partial charge in [-0.1, -0.05) is 13.8 Å². The van der Waals surface area contributed by atoms with Crippen LogP contribution in [0.4, 0.5) is 0 Å². The minimum absolute atomic E-state index is 0.284. The van der Waals surface area contributed by atoms with E-state index < -0.39 is 0 Å². The smallest absolute Gasteiger partial charge is 0.171 e. The molecule has 0 aromatic heterocycles. The van der Waals surface area contributed by atoms with Crippen LogP contribution in [0, 0.1) is 34.5 Å². The lowest BCUT2D eigenvalue weighted by atomic mass is 9.60. The third kappa shape index (κ3) is 1.92. The zero-order valence-corrected chi connectivity index (χ0v) is 12.2. The Balaban J connectivity index is 1.85. The quantitative estimate of drug-likeness (QED) is 0.765. The van der Waals surface area contributed by atoms with Gasteiger partial charge in [-0.15, -0.1) is 0 Å². The van der Waals surface area contributed by atoms with Crippen LogP contribution in [0.2, 0.25) is 0 Å². The Labute approximate surface area is 116 Å². The summed E-state index contributed by atoms with van der Waals surface area (Å²) in [5.41, 5.74) is 0.304. The van der Waals surface area contributed by atoms with Gasteiger partial charge in [0.2, 0.25) is 0 Å². The lowest BCUT2D eigenvalue weighted by Crippen LogP contribution is -2.50. The van der Waals surface area contributed by atoms with Crippen LogP contribution in [-0.4, -0.2) is 19.0 Å². The summed E-state index contributed by atoms with van der Waals surface area (Å²) < 4.78 is 12.1. The molecule has 0 bridgehead atoms. The van der Waals surface area contributed by atoms with Gasteiger partial charge in [-0.25, -0.2) is 0 Å². The highest BCUT2D eigenvalue weighted by Gasteiger charge is 2.60. The molecular weight excluding hydrogens is 238 g/mol. The van der Waals surface area contributed by atoms with Crippen molar-refractivity contribution in [1.29, 1.82) is 5.26 Å². The maximum atomic E-state index is 8.98. The standard InChI is InChI=1S/C16H25NO2/c1-12(6-9-17)13-4-5-14-15(13,2)7-3-8-16(14)18-10-11-19-16/h12-14H,3-8,10-11H2,1-2H3/t12-,13-,14?,15-/m1/s1. The Kier molecular flexibility index (Phi) is 3.35. The fourth-order valence-electron chi connectivity index (χ4n) is 5.27. The van der Waals surface area contributed by atoms with E-state index in [2.05, 4.69) is 19.9 Å². The van der Waals surface area contributed by atoms with Gasteiger partial charge in [0.1, 0.15) is 0 Å². The van der Waals surface area contributed by atoms with E-state index >= 15 is 0 Å². The van der Waals surface area contributed by atoms with Gasteiger partial charge in [-0.3, -0.25) is 0 Å². The maximum absolute atomic E-state index is 8.98. The maximum Gasteiger partial charge on any atom is 0.171 e. The van der Waals surface area contributed by atoms with E-state index in [1.807, 2.05) is 0 Å². The van der Waals surface area contributed by atoms with Crippen molar-refractivity contribution in [2.75, 3.05) is 13.2 Å². The van der Waals surface area contributed by atoms with Gasteiger partial charge in [0.15, 0.2) is 5.79 Å². The lowest BCUT2D eigenvalue weighted by molar-refractivity contribution is -0.241. The third-order valence-corrected chi connectivity index (χ3v) is 6.06. The second-order valence-electron chi connectivity index (χ2n) is 6.94. The fraction of sp³-hybridized carbons (Fsp3) is 0.938. The van der Waals surface area contributed by atoms with E-state index in [-0.39, 0.29) is 5.79 Å². The molecule has 0 radical (unpaired) electrons. The van der Waals surface area contributed by atoms with Crippen LogP contribution in [0.15, 0.2) is 0 Å². The summed E-state index contributed by atoms with van der Waals surface area (Å²) in [5, 5.41) is 8.98. The molecule has 1 aliphatic heterocycles. The van der Waals surface area contributed by atoms with Crippen molar-refractivity contribution in [3.63, 3.8) is 0 Å². The Morgan fingerprint density at radius 3 is 2.68 bits per heavy atom. The van der Waals surface area contributed by atoms with Crippen molar-refractivity contribution in [1.82, 2.24) is 0 Å². The summed E-state index contributed by atoms with van der Waals surface area (Å²) >= 11 is 0. The van der Waals surface area contributed by atoms with Crippen molar-refractivity contribution < 1.29 is 9.47 Å². The zero-order valence-electron chi connectivity index (χ0n) is 12.2. The van der Waals surface area contributed by atoms with Crippen molar-refractivity contribution in [3.8, 4) is 6.07 Å². The predicted molar refractivity (Wildman–Crippen MR) is 72.2 cm³/mol. The molecule has 0 N–H and O–H groups in total. The highest BCUT2D eigenvalue weighted by Crippen LogP contribution is 2.62. The Morgan fingerprint density at radius 2 is 2.00 bits per heavy atom. The second-order valence-corrected chi connectivity index (χ2v) is 6.94. The van der Waals surface area contributed by atoms with Gasteiger partial charge < -0.3 is 9.47 Å². The van der Waals surface area contributed by atoms with E-state index in [1.165, 1.54) is 25.7 Å². The number of hydrogen-bond acceptors (Lipinski definition) is 3. The predicted octanol–water partition coefficient (Wildman–Crippen LogP) is 3.50. The summed E-state index contributed by atoms with van der Waals surface area (Å²) in [5.74, 6) is 1.40. The molecular formula is C16H25NO2. The first-order valence-corrected chi connectivity index (χ1v) is 7.77. The molecule has 0 aromatic rings. The molecule has 0 amide bonds. The molecule has 1 heterocycles. The van der Waals surface area contributed by atoms with Crippen LogP contribution in [0.5, 0.6) is 0 Å². The van der Waals surface area contributed by atoms with E-state index in [0.29, 0.717) is 29.6 Å². The van der Waals surface area contributed by atoms with Crippen LogP contribution in [0.3, 0.4) is 0 Å². The molecule has 106 valence electrons. The minimum atomic E-state index is -0.284. The Bertz CT molecular complexity index is 383. The van der Waals surface area contributed by atoms with Crippen LogP contribution in [0.25, 0.3) is 0 Å². The van der Waals surface area contributed by atoms with E-state index in [9.17, 15) is 0 Å². The molecule has 3 heteroatoms. The molecule has 2 aliphatic carbocycles. The third-order valence-electron chi connectivity index (χ3n) is 6.06. The lowest BCUT2D eigenvalue weighted by Gasteiger charge is -2.50. The number of nitrogens with zero attached hydrogens (tertiary/aromatic N) is 1. The van der Waals surface area contributed by atoms with Gasteiger partial charge in [-0.2, -0.15) is 5.26 Å². The molecule has 19 heavy (non-hydrogen) atoms. The van der Waals surface area contributed by atoms with Crippen LogP contribution in [0.1, 0.15) is 52.4 Å². The second kappa shape index (κ2) is 4.75. The average Bonchev–Trinajstić information content (AvgIpc) is 2.95. The van der Waals surface area contributed by atoms with Crippen LogP contribution < -0.4 is 0 Å². The molecule has 3 nitrogen and oxygen atoms in total. The first-order valence-electron chi connectivity index (χ1n) is 7.77. The van der Waals surface area contributed by atoms with Crippen LogP contribution >= 0.6 is 0 Å². The highest BCUT2D eigenvalue weighted by atomic mass is 16.7. The van der Waals surface area contributed by atoms with Gasteiger partial charge in [0.05, 0.1) is 19.3 Å². The number of fused-ring (bicyclic) bond motifs is 2. The van der Waals surface area contributed by atoms with Gasteiger partial charge >= 0.3 is 0 Å². The molecule has 2 saturated carbocycles. The number of hydrogen-bond donors (Lipinski definition) is 0. The fourth-order valence-corrected chi connectivity index (χ4v) is 5.27. The molecule has 0 aromatic carbocycles. The van der Waals surface area contributed by atoms with E-state index in [1.54, 1.807) is 0 Å². The SMILES string of the molecule is C[C@H](CC#N)[C@H]1CCC2C3(CCC[C@@]21C)OCCO3. The normalized spacial score (nSPS) is 41.9. The minimum Gasteiger partial charge on any atom is -0.347 e. The van der Waals surface area contributed by atoms with Gasteiger partial charge in [0, 0.05) is 18.8 Å². The number of nitriles is 1. The van der Waals surface area contributed by atoms with Crippen molar-refractivity contribution >= 4 is 0 Å². The topological polar surface area (TPSA) is 42.2 Å². The molecule has 1 spiro atoms. The van der Waals surface area contributed by atoms with Crippen LogP contribution in [-0.2, 0) is 9.47 Å². The molecule has 1 saturated heterocycles. The highest BCUT2D eigenvalue weighted by molar-refractivity contribution is 5.06. The van der Waals surface area contributed by atoms with E-state index in [0.717, 1.165) is 19.6 Å². The largest absolute Gasteiger partial charge is 0.347 e.